The van der Waals surface area contributed by atoms with E-state index in [1.165, 1.54) is 6.07 Å². The topological polar surface area (TPSA) is 86.3 Å². The molecular weight excluding hydrogens is 389 g/mol. The van der Waals surface area contributed by atoms with Gasteiger partial charge in [0, 0.05) is 49.7 Å². The van der Waals surface area contributed by atoms with Crippen LogP contribution in [0.5, 0.6) is 0 Å². The minimum absolute atomic E-state index is 0.0778. The lowest BCUT2D eigenvalue weighted by Gasteiger charge is -2.29. The predicted octanol–water partition coefficient (Wildman–Crippen LogP) is 2.63. The lowest BCUT2D eigenvalue weighted by atomic mass is 10.1. The van der Waals surface area contributed by atoms with Crippen LogP contribution in [-0.4, -0.2) is 46.0 Å². The molecule has 0 aliphatic carbocycles. The number of aromatic nitrogens is 4. The van der Waals surface area contributed by atoms with Crippen LogP contribution in [0.15, 0.2) is 52.2 Å². The van der Waals surface area contributed by atoms with E-state index < -0.39 is 5.82 Å². The minimum atomic E-state index is -0.444. The van der Waals surface area contributed by atoms with E-state index in [2.05, 4.69) is 15.1 Å². The van der Waals surface area contributed by atoms with E-state index in [9.17, 15) is 9.18 Å². The van der Waals surface area contributed by atoms with E-state index in [-0.39, 0.29) is 22.3 Å². The normalized spacial score (nSPS) is 14.4. The Hall–Kier alpha value is -3.59. The summed E-state index contributed by atoms with van der Waals surface area (Å²) in [6.45, 7) is 2.30. The fraction of sp³-hybridized carbons (Fsp3) is 0.238. The molecule has 0 N–H and O–H groups in total. The molecule has 30 heavy (non-hydrogen) atoms. The van der Waals surface area contributed by atoms with Crippen molar-refractivity contribution < 1.29 is 13.7 Å². The van der Waals surface area contributed by atoms with Gasteiger partial charge in [-0.15, -0.1) is 0 Å². The number of pyridine rings is 2. The summed E-state index contributed by atoms with van der Waals surface area (Å²) in [6.07, 6.45) is 4.88. The summed E-state index contributed by atoms with van der Waals surface area (Å²) in [7, 11) is 1.80. The number of hydrogen-bond donors (Lipinski definition) is 0. The number of halogens is 1. The minimum Gasteiger partial charge on any atom is -0.378 e. The largest absolute Gasteiger partial charge is 0.378 e. The summed E-state index contributed by atoms with van der Waals surface area (Å²) in [5.74, 6) is -0.0386. The average molecular weight is 407 g/mol. The Labute approximate surface area is 170 Å². The molecule has 0 bridgehead atoms. The molecule has 1 aliphatic rings. The van der Waals surface area contributed by atoms with Gasteiger partial charge in [0.2, 0.25) is 11.3 Å². The number of rotatable bonds is 3. The van der Waals surface area contributed by atoms with Crippen molar-refractivity contribution in [1.82, 2.24) is 19.7 Å². The highest BCUT2D eigenvalue weighted by Gasteiger charge is 2.21. The Kier molecular flexibility index (Phi) is 4.51. The Morgan fingerprint density at radius 2 is 2.03 bits per heavy atom. The van der Waals surface area contributed by atoms with Crippen molar-refractivity contribution in [2.45, 2.75) is 0 Å². The zero-order chi connectivity index (χ0) is 20.7. The van der Waals surface area contributed by atoms with Gasteiger partial charge in [-0.3, -0.25) is 9.78 Å². The SMILES string of the molecule is Cn1cc(-c2nc(-c3cccnc3)no2)c(=O)c2cc(F)c(N3CCOCC3)cc21. The van der Waals surface area contributed by atoms with E-state index in [1.807, 2.05) is 4.90 Å². The maximum Gasteiger partial charge on any atom is 0.263 e. The Morgan fingerprint density at radius 1 is 1.20 bits per heavy atom. The monoisotopic (exact) mass is 407 g/mol. The van der Waals surface area contributed by atoms with Crippen molar-refractivity contribution in [2.24, 2.45) is 7.05 Å². The first-order valence-corrected chi connectivity index (χ1v) is 9.52. The van der Waals surface area contributed by atoms with Gasteiger partial charge in [-0.2, -0.15) is 4.98 Å². The van der Waals surface area contributed by atoms with Gasteiger partial charge in [0.25, 0.3) is 5.89 Å². The van der Waals surface area contributed by atoms with Crippen molar-refractivity contribution >= 4 is 16.6 Å². The zero-order valence-corrected chi connectivity index (χ0v) is 16.2. The average Bonchev–Trinajstić information content (AvgIpc) is 3.27. The van der Waals surface area contributed by atoms with Crippen LogP contribution in [0, 0.1) is 5.82 Å². The molecule has 0 unspecified atom stereocenters. The fourth-order valence-electron chi connectivity index (χ4n) is 3.64. The number of nitrogens with zero attached hydrogens (tertiary/aromatic N) is 5. The van der Waals surface area contributed by atoms with Gasteiger partial charge >= 0.3 is 0 Å². The van der Waals surface area contributed by atoms with Gasteiger partial charge in [-0.25, -0.2) is 4.39 Å². The highest BCUT2D eigenvalue weighted by molar-refractivity contribution is 5.86. The van der Waals surface area contributed by atoms with Crippen LogP contribution in [0.1, 0.15) is 0 Å². The predicted molar refractivity (Wildman–Crippen MR) is 109 cm³/mol. The first kappa shape index (κ1) is 18.4. The summed E-state index contributed by atoms with van der Waals surface area (Å²) < 4.78 is 27.3. The summed E-state index contributed by atoms with van der Waals surface area (Å²) in [4.78, 5) is 23.4. The molecule has 8 nitrogen and oxygen atoms in total. The first-order chi connectivity index (χ1) is 14.6. The van der Waals surface area contributed by atoms with Crippen molar-refractivity contribution in [1.29, 1.82) is 0 Å². The van der Waals surface area contributed by atoms with Crippen LogP contribution in [0.25, 0.3) is 33.7 Å². The standard InChI is InChI=1S/C21H18FN5O3/c1-26-12-15(21-24-20(25-30-21)13-3-2-4-23-11-13)19(28)14-9-16(22)18(10-17(14)26)27-5-7-29-8-6-27/h2-4,9-12H,5-8H2,1H3. The third kappa shape index (κ3) is 3.13. The maximum atomic E-state index is 14.9. The summed E-state index contributed by atoms with van der Waals surface area (Å²) >= 11 is 0. The molecular formula is C21H18FN5O3. The van der Waals surface area contributed by atoms with Crippen LogP contribution in [-0.2, 0) is 11.8 Å². The van der Waals surface area contributed by atoms with Crippen LogP contribution in [0.3, 0.4) is 0 Å². The summed E-state index contributed by atoms with van der Waals surface area (Å²) in [5, 5.41) is 4.19. The van der Waals surface area contributed by atoms with Crippen molar-refractivity contribution in [3.05, 3.63) is 58.9 Å². The molecule has 1 aliphatic heterocycles. The molecule has 0 saturated carbocycles. The molecule has 0 amide bonds. The third-order valence-corrected chi connectivity index (χ3v) is 5.19. The van der Waals surface area contributed by atoms with Crippen molar-refractivity contribution in [3.8, 4) is 22.8 Å². The van der Waals surface area contributed by atoms with E-state index in [1.54, 1.807) is 48.4 Å². The number of aryl methyl sites for hydroxylation is 1. The number of hydrogen-bond acceptors (Lipinski definition) is 7. The Morgan fingerprint density at radius 3 is 2.80 bits per heavy atom. The highest BCUT2D eigenvalue weighted by Crippen LogP contribution is 2.27. The second-order valence-corrected chi connectivity index (χ2v) is 7.07. The third-order valence-electron chi connectivity index (χ3n) is 5.19. The van der Waals surface area contributed by atoms with E-state index in [0.717, 1.165) is 0 Å². The molecule has 1 saturated heterocycles. The van der Waals surface area contributed by atoms with Gasteiger partial charge in [-0.05, 0) is 24.3 Å². The van der Waals surface area contributed by atoms with Crippen molar-refractivity contribution in [3.63, 3.8) is 0 Å². The van der Waals surface area contributed by atoms with Crippen LogP contribution < -0.4 is 10.3 Å². The van der Waals surface area contributed by atoms with Gasteiger partial charge in [0.15, 0.2) is 0 Å². The molecule has 3 aromatic heterocycles. The van der Waals surface area contributed by atoms with E-state index >= 15 is 0 Å². The second-order valence-electron chi connectivity index (χ2n) is 7.07. The fourth-order valence-corrected chi connectivity index (χ4v) is 3.64. The van der Waals surface area contributed by atoms with Gasteiger partial charge < -0.3 is 18.7 Å². The van der Waals surface area contributed by atoms with E-state index in [0.29, 0.717) is 48.9 Å². The smallest absolute Gasteiger partial charge is 0.263 e. The molecule has 152 valence electrons. The Balaban J connectivity index is 1.60. The molecule has 0 radical (unpaired) electrons. The number of anilines is 1. The van der Waals surface area contributed by atoms with Crippen LogP contribution in [0.4, 0.5) is 10.1 Å². The summed E-state index contributed by atoms with van der Waals surface area (Å²) in [6, 6.07) is 6.54. The second kappa shape index (κ2) is 7.34. The van der Waals surface area contributed by atoms with Gasteiger partial charge in [0.1, 0.15) is 11.4 Å². The maximum absolute atomic E-state index is 14.9. The van der Waals surface area contributed by atoms with Gasteiger partial charge in [0.05, 0.1) is 24.4 Å². The molecule has 4 aromatic rings. The Bertz CT molecular complexity index is 1280. The zero-order valence-electron chi connectivity index (χ0n) is 16.2. The quantitative estimate of drug-likeness (QED) is 0.516. The van der Waals surface area contributed by atoms with Crippen LogP contribution in [0.2, 0.25) is 0 Å². The molecule has 4 heterocycles. The van der Waals surface area contributed by atoms with Crippen molar-refractivity contribution in [2.75, 3.05) is 31.2 Å². The van der Waals surface area contributed by atoms with Gasteiger partial charge in [-0.1, -0.05) is 5.16 Å². The molecule has 1 aromatic carbocycles. The van der Waals surface area contributed by atoms with Crippen LogP contribution >= 0.6 is 0 Å². The summed E-state index contributed by atoms with van der Waals surface area (Å²) in [5.41, 5.74) is 1.61. The molecule has 9 heteroatoms. The highest BCUT2D eigenvalue weighted by atomic mass is 19.1. The lowest BCUT2D eigenvalue weighted by molar-refractivity contribution is 0.122. The first-order valence-electron chi connectivity index (χ1n) is 9.52. The molecule has 0 spiro atoms. The molecule has 0 atom stereocenters. The molecule has 5 rings (SSSR count). The molecule has 1 fully saturated rings. The lowest BCUT2D eigenvalue weighted by Crippen LogP contribution is -2.36. The number of morpholine rings is 1. The number of ether oxygens (including phenoxy) is 1. The van der Waals surface area contributed by atoms with E-state index in [4.69, 9.17) is 9.26 Å². The number of benzene rings is 1. The number of fused-ring (bicyclic) bond motifs is 1.